The minimum Gasteiger partial charge on any atom is -0.489 e. The molecule has 0 bridgehead atoms. The zero-order valence-electron chi connectivity index (χ0n) is 16.1. The first-order valence-corrected chi connectivity index (χ1v) is 10.6. The Labute approximate surface area is 174 Å². The summed E-state index contributed by atoms with van der Waals surface area (Å²) in [6, 6.07) is 11.8. The molecule has 1 fully saturated rings. The van der Waals surface area contributed by atoms with Crippen molar-refractivity contribution in [3.8, 4) is 5.75 Å². The molecule has 0 spiro atoms. The van der Waals surface area contributed by atoms with Crippen LogP contribution in [0.1, 0.15) is 10.4 Å². The second kappa shape index (κ2) is 9.06. The number of amides is 1. The Balaban J connectivity index is 1.72. The monoisotopic (exact) mass is 431 g/mol. The van der Waals surface area contributed by atoms with E-state index in [2.05, 4.69) is 6.58 Å². The number of carbonyl (C=O) groups excluding carboxylic acids is 1. The second-order valence-electron chi connectivity index (χ2n) is 6.55. The lowest BCUT2D eigenvalue weighted by molar-refractivity contribution is -0.385. The van der Waals surface area contributed by atoms with Crippen LogP contribution in [0.3, 0.4) is 0 Å². The number of sulfonamides is 1. The van der Waals surface area contributed by atoms with Gasteiger partial charge in [0.15, 0.2) is 0 Å². The van der Waals surface area contributed by atoms with E-state index in [1.54, 1.807) is 35.2 Å². The normalized spacial score (nSPS) is 14.9. The summed E-state index contributed by atoms with van der Waals surface area (Å²) in [6.45, 7) is 4.43. The maximum absolute atomic E-state index is 12.9. The van der Waals surface area contributed by atoms with Crippen molar-refractivity contribution >= 4 is 21.6 Å². The summed E-state index contributed by atoms with van der Waals surface area (Å²) >= 11 is 0. The molecule has 0 saturated carbocycles. The second-order valence-corrected chi connectivity index (χ2v) is 8.48. The van der Waals surface area contributed by atoms with Crippen molar-refractivity contribution < 1.29 is 22.9 Å². The van der Waals surface area contributed by atoms with Crippen LogP contribution in [-0.4, -0.2) is 61.2 Å². The number of hydrogen-bond donors (Lipinski definition) is 0. The molecule has 1 aliphatic rings. The molecule has 0 N–H and O–H groups in total. The molecule has 2 aromatic carbocycles. The number of hydrogen-bond acceptors (Lipinski definition) is 6. The van der Waals surface area contributed by atoms with E-state index >= 15 is 0 Å². The van der Waals surface area contributed by atoms with Crippen molar-refractivity contribution in [3.05, 3.63) is 76.9 Å². The van der Waals surface area contributed by atoms with Gasteiger partial charge in [0.25, 0.3) is 11.6 Å². The van der Waals surface area contributed by atoms with E-state index in [4.69, 9.17) is 4.74 Å². The Bertz CT molecular complexity index is 1060. The fourth-order valence-electron chi connectivity index (χ4n) is 3.13. The van der Waals surface area contributed by atoms with E-state index in [0.29, 0.717) is 11.3 Å². The van der Waals surface area contributed by atoms with Crippen molar-refractivity contribution in [3.63, 3.8) is 0 Å². The van der Waals surface area contributed by atoms with Crippen molar-refractivity contribution in [2.75, 3.05) is 32.8 Å². The van der Waals surface area contributed by atoms with Crippen LogP contribution in [0, 0.1) is 10.1 Å². The van der Waals surface area contributed by atoms with Gasteiger partial charge >= 0.3 is 0 Å². The number of nitro benzene ring substituents is 1. The van der Waals surface area contributed by atoms with Gasteiger partial charge in [-0.1, -0.05) is 30.9 Å². The number of benzene rings is 2. The van der Waals surface area contributed by atoms with E-state index in [1.165, 1.54) is 22.5 Å². The Kier molecular flexibility index (Phi) is 6.48. The van der Waals surface area contributed by atoms with E-state index in [9.17, 15) is 23.3 Å². The molecule has 0 aromatic heterocycles. The van der Waals surface area contributed by atoms with Gasteiger partial charge in [0.05, 0.1) is 15.4 Å². The van der Waals surface area contributed by atoms with Gasteiger partial charge in [0.2, 0.25) is 10.0 Å². The molecule has 0 unspecified atom stereocenters. The largest absolute Gasteiger partial charge is 0.489 e. The third-order valence-corrected chi connectivity index (χ3v) is 6.56. The minimum absolute atomic E-state index is 0.0897. The fraction of sp³-hybridized carbons (Fsp3) is 0.250. The Morgan fingerprint density at radius 3 is 2.50 bits per heavy atom. The standard InChI is InChI=1S/C20H21N3O6S/c1-2-14-29-19-9-4-3-8-18(19)20(24)21-10-12-22(13-11-21)30(27,28)17-7-5-6-16(15-17)23(25)26/h2-9,15H,1,10-14H2. The topological polar surface area (TPSA) is 110 Å². The number of ether oxygens (including phenoxy) is 1. The van der Waals surface area contributed by atoms with Gasteiger partial charge in [-0.3, -0.25) is 14.9 Å². The number of rotatable bonds is 7. The highest BCUT2D eigenvalue weighted by Crippen LogP contribution is 2.24. The number of carbonyl (C=O) groups is 1. The Hall–Kier alpha value is -3.24. The van der Waals surface area contributed by atoms with Gasteiger partial charge in [-0.15, -0.1) is 0 Å². The molecule has 10 heteroatoms. The molecular formula is C20H21N3O6S. The third kappa shape index (κ3) is 4.50. The highest BCUT2D eigenvalue weighted by atomic mass is 32.2. The average Bonchev–Trinajstić information content (AvgIpc) is 2.77. The van der Waals surface area contributed by atoms with E-state index in [1.807, 2.05) is 0 Å². The SMILES string of the molecule is C=CCOc1ccccc1C(=O)N1CCN(S(=O)(=O)c2cccc([N+](=O)[O-])c2)CC1. The van der Waals surface area contributed by atoms with Crippen LogP contribution < -0.4 is 4.74 Å². The first-order chi connectivity index (χ1) is 14.3. The van der Waals surface area contributed by atoms with Gasteiger partial charge in [-0.2, -0.15) is 4.31 Å². The molecule has 9 nitrogen and oxygen atoms in total. The molecule has 1 amide bonds. The smallest absolute Gasteiger partial charge is 0.270 e. The van der Waals surface area contributed by atoms with Crippen molar-refractivity contribution in [2.24, 2.45) is 0 Å². The summed E-state index contributed by atoms with van der Waals surface area (Å²) in [5.74, 6) is 0.191. The predicted molar refractivity (Wildman–Crippen MR) is 110 cm³/mol. The third-order valence-electron chi connectivity index (χ3n) is 4.67. The van der Waals surface area contributed by atoms with E-state index in [0.717, 1.165) is 6.07 Å². The number of nitro groups is 1. The minimum atomic E-state index is -3.90. The summed E-state index contributed by atoms with van der Waals surface area (Å²) in [4.78, 5) is 24.6. The van der Waals surface area contributed by atoms with Crippen LogP contribution in [-0.2, 0) is 10.0 Å². The highest BCUT2D eigenvalue weighted by Gasteiger charge is 2.31. The average molecular weight is 431 g/mol. The quantitative estimate of drug-likeness (QED) is 0.378. The first kappa shape index (κ1) is 21.5. The molecule has 1 saturated heterocycles. The molecule has 3 rings (SSSR count). The summed E-state index contributed by atoms with van der Waals surface area (Å²) in [5, 5.41) is 10.9. The summed E-state index contributed by atoms with van der Waals surface area (Å²) in [6.07, 6.45) is 1.58. The molecule has 2 aromatic rings. The molecule has 30 heavy (non-hydrogen) atoms. The van der Waals surface area contributed by atoms with Gasteiger partial charge in [0.1, 0.15) is 12.4 Å². The number of non-ortho nitro benzene ring substituents is 1. The summed E-state index contributed by atoms with van der Waals surface area (Å²) in [5.41, 5.74) is 0.107. The lowest BCUT2D eigenvalue weighted by Crippen LogP contribution is -2.50. The van der Waals surface area contributed by atoms with Crippen LogP contribution in [0.5, 0.6) is 5.75 Å². The lowest BCUT2D eigenvalue weighted by Gasteiger charge is -2.34. The maximum Gasteiger partial charge on any atom is 0.270 e. The summed E-state index contributed by atoms with van der Waals surface area (Å²) in [7, 11) is -3.90. The molecule has 1 heterocycles. The van der Waals surface area contributed by atoms with Crippen LogP contribution >= 0.6 is 0 Å². The van der Waals surface area contributed by atoms with Crippen molar-refractivity contribution in [1.82, 2.24) is 9.21 Å². The molecule has 0 radical (unpaired) electrons. The zero-order chi connectivity index (χ0) is 21.7. The van der Waals surface area contributed by atoms with Gasteiger partial charge in [-0.25, -0.2) is 8.42 Å². The zero-order valence-corrected chi connectivity index (χ0v) is 17.0. The van der Waals surface area contributed by atoms with Crippen LogP contribution in [0.15, 0.2) is 66.1 Å². The lowest BCUT2D eigenvalue weighted by atomic mass is 10.1. The Morgan fingerprint density at radius 1 is 1.13 bits per heavy atom. The number of piperazine rings is 1. The first-order valence-electron chi connectivity index (χ1n) is 9.21. The fourth-order valence-corrected chi connectivity index (χ4v) is 4.59. The van der Waals surface area contributed by atoms with Gasteiger partial charge in [0, 0.05) is 38.3 Å². The van der Waals surface area contributed by atoms with Crippen molar-refractivity contribution in [2.45, 2.75) is 4.90 Å². The highest BCUT2D eigenvalue weighted by molar-refractivity contribution is 7.89. The number of para-hydroxylation sites is 1. The van der Waals surface area contributed by atoms with Gasteiger partial charge in [-0.05, 0) is 18.2 Å². The van der Waals surface area contributed by atoms with E-state index in [-0.39, 0.29) is 49.3 Å². The molecule has 158 valence electrons. The number of nitrogens with zero attached hydrogens (tertiary/aromatic N) is 3. The molecule has 1 aliphatic heterocycles. The maximum atomic E-state index is 12.9. The molecule has 0 atom stereocenters. The van der Waals surface area contributed by atoms with Crippen LogP contribution in [0.25, 0.3) is 0 Å². The van der Waals surface area contributed by atoms with Crippen LogP contribution in [0.4, 0.5) is 5.69 Å². The Morgan fingerprint density at radius 2 is 1.83 bits per heavy atom. The predicted octanol–water partition coefficient (Wildman–Crippen LogP) is 2.31. The molecular weight excluding hydrogens is 410 g/mol. The van der Waals surface area contributed by atoms with Gasteiger partial charge < -0.3 is 9.64 Å². The summed E-state index contributed by atoms with van der Waals surface area (Å²) < 4.78 is 32.5. The van der Waals surface area contributed by atoms with Crippen LogP contribution in [0.2, 0.25) is 0 Å². The molecule has 0 aliphatic carbocycles. The van der Waals surface area contributed by atoms with E-state index < -0.39 is 14.9 Å². The van der Waals surface area contributed by atoms with Crippen molar-refractivity contribution in [1.29, 1.82) is 0 Å².